The molecule has 0 N–H and O–H groups in total. The van der Waals surface area contributed by atoms with Crippen LogP contribution in [0.5, 0.6) is 0 Å². The minimum atomic E-state index is -0.204. The van der Waals surface area contributed by atoms with Crippen LogP contribution >= 0.6 is 0 Å². The van der Waals surface area contributed by atoms with Crippen LogP contribution in [-0.4, -0.2) is 5.43 Å². The van der Waals surface area contributed by atoms with Crippen molar-refractivity contribution in [2.75, 3.05) is 0 Å². The Labute approximate surface area is 220 Å². The average Bonchev–Trinajstić information content (AvgIpc) is 3.51. The maximum atomic E-state index is 2.99. The second-order valence-electron chi connectivity index (χ2n) is 7.09. The van der Waals surface area contributed by atoms with Gasteiger partial charge in [-0.05, 0) is 0 Å². The zero-order valence-corrected chi connectivity index (χ0v) is 22.9. The van der Waals surface area contributed by atoms with Gasteiger partial charge in [0.15, 0.2) is 0 Å². The molecule has 0 saturated heterocycles. The minimum Gasteiger partial charge on any atom is -0.168 e. The molecule has 0 amide bonds. The van der Waals surface area contributed by atoms with Crippen molar-refractivity contribution in [3.8, 4) is 0 Å². The zero-order chi connectivity index (χ0) is 20.9. The topological polar surface area (TPSA) is 0 Å². The Balaban J connectivity index is 0.000000269. The first-order chi connectivity index (χ1) is 14.8. The molecule has 1 aliphatic rings. The summed E-state index contributed by atoms with van der Waals surface area (Å²) in [5.74, 6) is 0. The molecular formula is C28H26Cl2SiZr-2. The van der Waals surface area contributed by atoms with Gasteiger partial charge in [-0.25, -0.2) is 12.2 Å². The molecule has 0 bridgehead atoms. The fourth-order valence-electron chi connectivity index (χ4n) is 3.16. The molecule has 4 aromatic carbocycles. The van der Waals surface area contributed by atoms with E-state index in [0.29, 0.717) is 0 Å². The minimum absolute atomic E-state index is 0. The summed E-state index contributed by atoms with van der Waals surface area (Å²) in [4.78, 5) is 0. The fourth-order valence-corrected chi connectivity index (χ4v) is 7.75. The van der Waals surface area contributed by atoms with Crippen LogP contribution < -0.4 is 24.8 Å². The van der Waals surface area contributed by atoms with Crippen molar-refractivity contribution in [3.63, 3.8) is 0 Å². The van der Waals surface area contributed by atoms with E-state index in [0.717, 1.165) is 6.42 Å². The maximum Gasteiger partial charge on any atom is -0.0809 e. The molecule has 0 spiro atoms. The monoisotopic (exact) mass is 550 g/mol. The van der Waals surface area contributed by atoms with Crippen LogP contribution in [0.3, 0.4) is 0 Å². The van der Waals surface area contributed by atoms with Gasteiger partial charge in [-0.2, -0.15) is 23.6 Å². The molecule has 0 unspecified atom stereocenters. The standard InChI is InChI=1S/C14H14Si.C9H7.C5H5.2ClH.Zr/c1-3-7-13(8-4-1)11-15-12-14-9-5-2-6-10-14;1-2-5-9-7-3-6-8(9)4-1;1-2-4-5-3-1;;;/h1-10H,11-12H2;1-7H;1-3H,4H2;2*1H;/q;2*-1;;;+2/p-2. The summed E-state index contributed by atoms with van der Waals surface area (Å²) in [5.41, 5.74) is 2.80. The Bertz CT molecular complexity index is 1000. The van der Waals surface area contributed by atoms with Gasteiger partial charge in [0, 0.05) is 0 Å². The van der Waals surface area contributed by atoms with Gasteiger partial charge in [0.2, 0.25) is 0 Å². The van der Waals surface area contributed by atoms with E-state index in [9.17, 15) is 0 Å². The van der Waals surface area contributed by atoms with Gasteiger partial charge < -0.3 is 24.8 Å². The summed E-state index contributed by atoms with van der Waals surface area (Å²) in [5, 5.41) is 2.66. The third kappa shape index (κ3) is 10.8. The van der Waals surface area contributed by atoms with Crippen molar-refractivity contribution in [3.05, 3.63) is 139 Å². The third-order valence-electron chi connectivity index (χ3n) is 4.65. The van der Waals surface area contributed by atoms with Crippen molar-refractivity contribution in [2.45, 2.75) is 18.5 Å². The van der Waals surface area contributed by atoms with Crippen LogP contribution in [0, 0.1) is 6.08 Å². The van der Waals surface area contributed by atoms with E-state index in [1.165, 1.54) is 34.0 Å². The predicted molar refractivity (Wildman–Crippen MR) is 127 cm³/mol. The summed E-state index contributed by atoms with van der Waals surface area (Å²) in [6, 6.07) is 39.0. The number of rotatable bonds is 4. The van der Waals surface area contributed by atoms with Crippen LogP contribution in [0.1, 0.15) is 17.5 Å². The number of hydrogen-bond acceptors (Lipinski definition) is 0. The number of hydrogen-bond donors (Lipinski definition) is 0. The van der Waals surface area contributed by atoms with Crippen LogP contribution in [0.25, 0.3) is 10.8 Å². The van der Waals surface area contributed by atoms with Gasteiger partial charge in [0.05, 0.1) is 0 Å². The maximum absolute atomic E-state index is 2.99. The number of benzene rings is 3. The van der Waals surface area contributed by atoms with E-state index >= 15 is 0 Å². The van der Waals surface area contributed by atoms with Gasteiger partial charge in [-0.1, -0.05) is 6.07 Å². The Morgan fingerprint density at radius 1 is 0.750 bits per heavy atom. The average molecular weight is 553 g/mol. The molecule has 162 valence electrons. The van der Waals surface area contributed by atoms with Crippen molar-refractivity contribution in [2.24, 2.45) is 0 Å². The van der Waals surface area contributed by atoms with E-state index in [-0.39, 0.29) is 30.2 Å². The Morgan fingerprint density at radius 2 is 1.31 bits per heavy atom. The summed E-state index contributed by atoms with van der Waals surface area (Å²) in [6.45, 7) is 0. The second-order valence-corrected chi connectivity index (χ2v) is 14.2. The predicted octanol–water partition coefficient (Wildman–Crippen LogP) is 0.961. The Morgan fingerprint density at radius 3 is 1.78 bits per heavy atom. The van der Waals surface area contributed by atoms with E-state index in [2.05, 4.69) is 115 Å². The zero-order valence-electron chi connectivity index (χ0n) is 17.9. The van der Waals surface area contributed by atoms with Crippen molar-refractivity contribution in [1.82, 2.24) is 0 Å². The van der Waals surface area contributed by atoms with Crippen molar-refractivity contribution < 1.29 is 48.1 Å². The molecule has 0 atom stereocenters. The van der Waals surface area contributed by atoms with Gasteiger partial charge in [0.25, 0.3) is 0 Å². The smallest absolute Gasteiger partial charge is 0.0809 e. The molecule has 0 fully saturated rings. The molecule has 5 rings (SSSR count). The van der Waals surface area contributed by atoms with Gasteiger partial charge in [0.1, 0.15) is 0 Å². The molecule has 32 heavy (non-hydrogen) atoms. The third-order valence-corrected chi connectivity index (χ3v) is 8.93. The quantitative estimate of drug-likeness (QED) is 0.262. The normalized spacial score (nSPS) is 10.7. The first kappa shape index (κ1) is 28.5. The van der Waals surface area contributed by atoms with Crippen LogP contribution in [0.15, 0.2) is 121 Å². The number of allylic oxidation sites excluding steroid dienone is 4. The molecule has 4 aromatic rings. The van der Waals surface area contributed by atoms with Crippen molar-refractivity contribution in [1.29, 1.82) is 0 Å². The first-order valence-electron chi connectivity index (χ1n) is 10.3. The van der Waals surface area contributed by atoms with Crippen LogP contribution in [-0.2, 0) is 35.4 Å². The van der Waals surface area contributed by atoms with Crippen LogP contribution in [0.4, 0.5) is 0 Å². The summed E-state index contributed by atoms with van der Waals surface area (Å²) in [6.07, 6.45) is 10.0. The largest absolute Gasteiger partial charge is 0.168 e. The summed E-state index contributed by atoms with van der Waals surface area (Å²) in [7, 11) is 0. The van der Waals surface area contributed by atoms with Gasteiger partial charge >= 0.3 is 113 Å². The Hall–Kier alpha value is -1.57. The van der Waals surface area contributed by atoms with Gasteiger partial charge in [-0.3, -0.25) is 6.08 Å². The fraction of sp³-hybridized carbons (Fsp3) is 0.107. The Kier molecular flexibility index (Phi) is 15.1. The molecular weight excluding hydrogens is 527 g/mol. The molecule has 1 aliphatic carbocycles. The first-order valence-corrected chi connectivity index (χ1v) is 15.9. The van der Waals surface area contributed by atoms with Crippen molar-refractivity contribution >= 4 is 16.2 Å². The molecule has 0 nitrogen and oxygen atoms in total. The summed E-state index contributed by atoms with van der Waals surface area (Å²) < 4.78 is 0. The van der Waals surface area contributed by atoms with E-state index < -0.39 is 0 Å². The summed E-state index contributed by atoms with van der Waals surface area (Å²) >= 11 is 1.73. The van der Waals surface area contributed by atoms with Gasteiger partial charge in [-0.15, -0.1) is 36.1 Å². The second kappa shape index (κ2) is 17.0. The molecule has 0 saturated carbocycles. The van der Waals surface area contributed by atoms with E-state index in [4.69, 9.17) is 0 Å². The number of halogens is 2. The molecule has 0 heterocycles. The van der Waals surface area contributed by atoms with E-state index in [1.54, 1.807) is 23.3 Å². The molecule has 0 aromatic heterocycles. The SMILES string of the molecule is [C-]1=CC=CC1.[Cl-].[Cl-].[Zr+2]=[Si](Cc1ccccc1)Cc1ccccc1.c1ccc2[cH-]ccc2c1. The molecule has 4 heteroatoms. The van der Waals surface area contributed by atoms with E-state index in [1.807, 2.05) is 12.2 Å². The molecule has 0 radical (unpaired) electrons. The van der Waals surface area contributed by atoms with Crippen LogP contribution in [0.2, 0.25) is 0 Å². The molecule has 0 aliphatic heterocycles. The number of fused-ring (bicyclic) bond motifs is 1.